The van der Waals surface area contributed by atoms with Crippen molar-refractivity contribution >= 4 is 5.91 Å². The van der Waals surface area contributed by atoms with Gasteiger partial charge in [-0.3, -0.25) is 4.79 Å². The molecule has 0 fully saturated rings. The number of rotatable bonds is 7. The fourth-order valence-corrected chi connectivity index (χ4v) is 0.854. The molecule has 0 saturated carbocycles. The van der Waals surface area contributed by atoms with Gasteiger partial charge in [-0.05, 0) is 13.3 Å². The van der Waals surface area contributed by atoms with Gasteiger partial charge in [-0.15, -0.1) is 10.1 Å². The molecule has 0 saturated heterocycles. The Kier molecular flexibility index (Phi) is 6.38. The molecule has 1 unspecified atom stereocenters. The number of nitrogens with one attached hydrogen (secondary N) is 1. The first-order valence-electron chi connectivity index (χ1n) is 4.33. The Morgan fingerprint density at radius 3 is 2.86 bits per heavy atom. The second-order valence-electron chi connectivity index (χ2n) is 2.85. The first-order valence-corrected chi connectivity index (χ1v) is 4.33. The molecular formula is C7H15N3O4. The highest BCUT2D eigenvalue weighted by Crippen LogP contribution is 1.92. The summed E-state index contributed by atoms with van der Waals surface area (Å²) in [4.78, 5) is 24.9. The van der Waals surface area contributed by atoms with E-state index in [0.29, 0.717) is 13.0 Å². The average Bonchev–Trinajstić information content (AvgIpc) is 2.03. The van der Waals surface area contributed by atoms with Crippen LogP contribution in [-0.4, -0.2) is 30.2 Å². The summed E-state index contributed by atoms with van der Waals surface area (Å²) in [5, 5.41) is 11.6. The Labute approximate surface area is 81.7 Å². The lowest BCUT2D eigenvalue weighted by Gasteiger charge is -2.12. The molecule has 82 valence electrons. The van der Waals surface area contributed by atoms with Crippen molar-refractivity contribution in [3.8, 4) is 0 Å². The van der Waals surface area contributed by atoms with E-state index in [0.717, 1.165) is 0 Å². The standard InChI is InChI=1S/C7H15N3O4/c1-6(3-5-14-10(12)13)9-7(11)2-4-8/h6H,2-5,8H2,1H3,(H,9,11). The average molecular weight is 205 g/mol. The minimum absolute atomic E-state index is 0.0168. The summed E-state index contributed by atoms with van der Waals surface area (Å²) in [6, 6.07) is -0.144. The van der Waals surface area contributed by atoms with Gasteiger partial charge in [0, 0.05) is 19.0 Å². The van der Waals surface area contributed by atoms with Crippen LogP contribution in [0, 0.1) is 10.1 Å². The van der Waals surface area contributed by atoms with Gasteiger partial charge in [0.25, 0.3) is 5.09 Å². The molecule has 7 heteroatoms. The predicted molar refractivity (Wildman–Crippen MR) is 48.8 cm³/mol. The molecule has 0 heterocycles. The van der Waals surface area contributed by atoms with Gasteiger partial charge in [0.2, 0.25) is 5.91 Å². The third-order valence-electron chi connectivity index (χ3n) is 1.53. The Morgan fingerprint density at radius 2 is 2.36 bits per heavy atom. The van der Waals surface area contributed by atoms with Crippen LogP contribution in [0.25, 0.3) is 0 Å². The second kappa shape index (κ2) is 7.07. The highest BCUT2D eigenvalue weighted by molar-refractivity contribution is 5.76. The van der Waals surface area contributed by atoms with E-state index in [-0.39, 0.29) is 25.0 Å². The first kappa shape index (κ1) is 12.6. The van der Waals surface area contributed by atoms with Gasteiger partial charge in [-0.25, -0.2) is 0 Å². The van der Waals surface area contributed by atoms with Crippen molar-refractivity contribution in [3.63, 3.8) is 0 Å². The van der Waals surface area contributed by atoms with Crippen LogP contribution in [0.15, 0.2) is 0 Å². The third-order valence-corrected chi connectivity index (χ3v) is 1.53. The minimum atomic E-state index is -0.853. The second-order valence-corrected chi connectivity index (χ2v) is 2.85. The smallest absolute Gasteiger partial charge is 0.294 e. The molecule has 0 radical (unpaired) electrons. The van der Waals surface area contributed by atoms with Gasteiger partial charge in [-0.1, -0.05) is 0 Å². The molecule has 0 aromatic carbocycles. The number of hydrogen-bond acceptors (Lipinski definition) is 5. The van der Waals surface area contributed by atoms with Crippen molar-refractivity contribution in [1.82, 2.24) is 5.32 Å². The van der Waals surface area contributed by atoms with E-state index >= 15 is 0 Å². The molecule has 0 aromatic rings. The Balaban J connectivity index is 3.49. The quantitative estimate of drug-likeness (QED) is 0.428. The van der Waals surface area contributed by atoms with Gasteiger partial charge in [0.05, 0.1) is 6.61 Å². The van der Waals surface area contributed by atoms with Crippen LogP contribution < -0.4 is 11.1 Å². The van der Waals surface area contributed by atoms with Crippen LogP contribution in [0.4, 0.5) is 0 Å². The molecule has 0 bridgehead atoms. The van der Waals surface area contributed by atoms with Crippen molar-refractivity contribution in [2.24, 2.45) is 5.73 Å². The number of carbonyl (C=O) groups excluding carboxylic acids is 1. The summed E-state index contributed by atoms with van der Waals surface area (Å²) >= 11 is 0. The van der Waals surface area contributed by atoms with Crippen LogP contribution in [0.1, 0.15) is 19.8 Å². The Bertz CT molecular complexity index is 197. The van der Waals surface area contributed by atoms with Crippen LogP contribution in [0.5, 0.6) is 0 Å². The molecule has 14 heavy (non-hydrogen) atoms. The zero-order valence-electron chi connectivity index (χ0n) is 8.06. The lowest BCUT2D eigenvalue weighted by Crippen LogP contribution is -2.34. The molecule has 0 aliphatic carbocycles. The van der Waals surface area contributed by atoms with Crippen LogP contribution in [0.2, 0.25) is 0 Å². The summed E-state index contributed by atoms with van der Waals surface area (Å²) in [7, 11) is 0. The predicted octanol–water partition coefficient (Wildman–Crippen LogP) is -0.562. The molecule has 0 spiro atoms. The van der Waals surface area contributed by atoms with Crippen LogP contribution in [-0.2, 0) is 9.63 Å². The third kappa shape index (κ3) is 7.29. The maximum atomic E-state index is 11.0. The Morgan fingerprint density at radius 1 is 1.71 bits per heavy atom. The number of amides is 1. The molecule has 7 nitrogen and oxygen atoms in total. The van der Waals surface area contributed by atoms with E-state index in [2.05, 4.69) is 10.2 Å². The minimum Gasteiger partial charge on any atom is -0.354 e. The van der Waals surface area contributed by atoms with E-state index in [4.69, 9.17) is 5.73 Å². The molecule has 3 N–H and O–H groups in total. The fourth-order valence-electron chi connectivity index (χ4n) is 0.854. The van der Waals surface area contributed by atoms with Crippen LogP contribution in [0.3, 0.4) is 0 Å². The summed E-state index contributed by atoms with van der Waals surface area (Å²) in [5.41, 5.74) is 5.17. The number of nitrogens with zero attached hydrogens (tertiary/aromatic N) is 1. The molecular weight excluding hydrogens is 190 g/mol. The van der Waals surface area contributed by atoms with Gasteiger partial charge in [0.1, 0.15) is 0 Å². The molecule has 1 amide bonds. The van der Waals surface area contributed by atoms with Crippen molar-refractivity contribution in [3.05, 3.63) is 10.1 Å². The topological polar surface area (TPSA) is 107 Å². The van der Waals surface area contributed by atoms with Crippen molar-refractivity contribution in [1.29, 1.82) is 0 Å². The van der Waals surface area contributed by atoms with Gasteiger partial charge >= 0.3 is 0 Å². The molecule has 0 aliphatic heterocycles. The highest BCUT2D eigenvalue weighted by atomic mass is 16.9. The monoisotopic (exact) mass is 205 g/mol. The van der Waals surface area contributed by atoms with Crippen molar-refractivity contribution in [2.75, 3.05) is 13.2 Å². The summed E-state index contributed by atoms with van der Waals surface area (Å²) in [6.45, 7) is 2.03. The van der Waals surface area contributed by atoms with Gasteiger partial charge in [0.15, 0.2) is 0 Å². The van der Waals surface area contributed by atoms with Gasteiger partial charge in [-0.2, -0.15) is 0 Å². The zero-order chi connectivity index (χ0) is 11.0. The summed E-state index contributed by atoms with van der Waals surface area (Å²) in [5.74, 6) is -0.152. The maximum absolute atomic E-state index is 11.0. The van der Waals surface area contributed by atoms with E-state index in [1.165, 1.54) is 0 Å². The zero-order valence-corrected chi connectivity index (χ0v) is 8.06. The lowest BCUT2D eigenvalue weighted by molar-refractivity contribution is -0.757. The highest BCUT2D eigenvalue weighted by Gasteiger charge is 2.06. The van der Waals surface area contributed by atoms with E-state index < -0.39 is 5.09 Å². The molecule has 0 aliphatic rings. The number of hydrogen-bond donors (Lipinski definition) is 2. The van der Waals surface area contributed by atoms with Crippen molar-refractivity contribution in [2.45, 2.75) is 25.8 Å². The first-order chi connectivity index (χ1) is 6.56. The normalized spacial score (nSPS) is 11.9. The number of nitrogens with two attached hydrogens (primary N) is 1. The van der Waals surface area contributed by atoms with E-state index in [9.17, 15) is 14.9 Å². The van der Waals surface area contributed by atoms with Crippen LogP contribution >= 0.6 is 0 Å². The largest absolute Gasteiger partial charge is 0.354 e. The molecule has 0 rings (SSSR count). The van der Waals surface area contributed by atoms with E-state index in [1.807, 2.05) is 0 Å². The van der Waals surface area contributed by atoms with Gasteiger partial charge < -0.3 is 15.9 Å². The molecule has 1 atom stereocenters. The van der Waals surface area contributed by atoms with Crippen molar-refractivity contribution < 1.29 is 14.7 Å². The summed E-state index contributed by atoms with van der Waals surface area (Å²) in [6.07, 6.45) is 0.664. The maximum Gasteiger partial charge on any atom is 0.294 e. The SMILES string of the molecule is CC(CCO[N+](=O)[O-])NC(=O)CCN. The number of carbonyl (C=O) groups is 1. The Hall–Kier alpha value is -1.37. The fraction of sp³-hybridized carbons (Fsp3) is 0.857. The molecule has 0 aromatic heterocycles. The lowest BCUT2D eigenvalue weighted by atomic mass is 10.2. The summed E-state index contributed by atoms with van der Waals surface area (Å²) < 4.78 is 0. The van der Waals surface area contributed by atoms with E-state index in [1.54, 1.807) is 6.92 Å².